The average Bonchev–Trinajstić information content (AvgIpc) is 2.87. The molecule has 7 nitrogen and oxygen atoms in total. The van der Waals surface area contributed by atoms with Crippen LogP contribution in [0, 0.1) is 11.3 Å². The molecule has 0 radical (unpaired) electrons. The Labute approximate surface area is 113 Å². The highest BCUT2D eigenvalue weighted by Crippen LogP contribution is 2.22. The van der Waals surface area contributed by atoms with Crippen molar-refractivity contribution in [3.63, 3.8) is 0 Å². The van der Waals surface area contributed by atoms with E-state index < -0.39 is 17.7 Å². The van der Waals surface area contributed by atoms with Crippen molar-refractivity contribution >= 4 is 34.7 Å². The first-order valence-electron chi connectivity index (χ1n) is 5.20. The number of nitriles is 1. The van der Waals surface area contributed by atoms with Crippen LogP contribution in [0.2, 0.25) is 0 Å². The molecule has 0 saturated heterocycles. The summed E-state index contributed by atoms with van der Waals surface area (Å²) in [5, 5.41) is 14.0. The number of nitrogens with zero attached hydrogens (tertiary/aromatic N) is 2. The summed E-state index contributed by atoms with van der Waals surface area (Å²) in [6.07, 6.45) is 0. The Bertz CT molecular complexity index is 544. The summed E-state index contributed by atoms with van der Waals surface area (Å²) >= 11 is 1.15. The summed E-state index contributed by atoms with van der Waals surface area (Å²) in [5.41, 5.74) is 2.40. The highest BCUT2D eigenvalue weighted by Gasteiger charge is 2.15. The van der Waals surface area contributed by atoms with Crippen molar-refractivity contribution in [3.8, 4) is 6.07 Å². The number of esters is 2. The summed E-state index contributed by atoms with van der Waals surface area (Å²) in [5.74, 6) is -1.35. The monoisotopic (exact) mass is 281 g/mol. The molecule has 0 atom stereocenters. The van der Waals surface area contributed by atoms with Crippen LogP contribution in [0.5, 0.6) is 0 Å². The molecule has 1 aromatic rings. The number of rotatable bonds is 5. The van der Waals surface area contributed by atoms with Crippen molar-refractivity contribution in [1.29, 1.82) is 5.26 Å². The van der Waals surface area contributed by atoms with Gasteiger partial charge in [0.1, 0.15) is 10.9 Å². The fraction of sp³-hybridized carbons (Fsp3) is 0.273. The highest BCUT2D eigenvalue weighted by molar-refractivity contribution is 7.12. The molecule has 0 aromatic carbocycles. The van der Waals surface area contributed by atoms with Gasteiger partial charge in [0.2, 0.25) is 5.71 Å². The number of ether oxygens (including phenoxy) is 2. The molecular formula is C11H11N3O4S. The number of hydrogen-bond donors (Lipinski definition) is 1. The van der Waals surface area contributed by atoms with Gasteiger partial charge in [-0.25, -0.2) is 9.59 Å². The largest absolute Gasteiger partial charge is 0.465 e. The molecule has 1 aromatic heterocycles. The zero-order valence-electron chi connectivity index (χ0n) is 10.3. The van der Waals surface area contributed by atoms with Crippen molar-refractivity contribution in [1.82, 2.24) is 0 Å². The van der Waals surface area contributed by atoms with Crippen LogP contribution in [-0.4, -0.2) is 31.4 Å². The lowest BCUT2D eigenvalue weighted by Gasteiger charge is -2.02. The second kappa shape index (κ2) is 7.13. The van der Waals surface area contributed by atoms with Gasteiger partial charge in [-0.15, -0.1) is 11.3 Å². The molecule has 1 rings (SSSR count). The van der Waals surface area contributed by atoms with E-state index in [0.29, 0.717) is 10.6 Å². The second-order valence-corrected chi connectivity index (χ2v) is 3.98. The number of thiophene rings is 1. The van der Waals surface area contributed by atoms with Crippen molar-refractivity contribution in [2.75, 3.05) is 19.1 Å². The minimum atomic E-state index is -0.827. The van der Waals surface area contributed by atoms with Gasteiger partial charge in [-0.3, -0.25) is 5.43 Å². The van der Waals surface area contributed by atoms with Crippen molar-refractivity contribution in [3.05, 3.63) is 16.3 Å². The van der Waals surface area contributed by atoms with E-state index in [-0.39, 0.29) is 6.61 Å². The molecule has 19 heavy (non-hydrogen) atoms. The first kappa shape index (κ1) is 14.7. The molecule has 100 valence electrons. The minimum Gasteiger partial charge on any atom is -0.465 e. The number of hydrazone groups is 1. The number of anilines is 1. The molecular weight excluding hydrogens is 270 g/mol. The quantitative estimate of drug-likeness (QED) is 0.497. The van der Waals surface area contributed by atoms with Crippen LogP contribution in [0.15, 0.2) is 16.5 Å². The topological polar surface area (TPSA) is 101 Å². The number of carbonyl (C=O) groups excluding carboxylic acids is 2. The fourth-order valence-corrected chi connectivity index (χ4v) is 1.84. The normalized spacial score (nSPS) is 10.5. The number of hydrogen-bond acceptors (Lipinski definition) is 8. The van der Waals surface area contributed by atoms with Gasteiger partial charge in [0, 0.05) is 0 Å². The smallest absolute Gasteiger partial charge is 0.369 e. The van der Waals surface area contributed by atoms with Crippen LogP contribution in [0.25, 0.3) is 0 Å². The molecule has 0 aliphatic rings. The Morgan fingerprint density at radius 2 is 2.32 bits per heavy atom. The van der Waals surface area contributed by atoms with Crippen LogP contribution in [0.4, 0.5) is 5.69 Å². The van der Waals surface area contributed by atoms with Crippen LogP contribution in [0.3, 0.4) is 0 Å². The predicted octanol–water partition coefficient (Wildman–Crippen LogP) is 1.39. The van der Waals surface area contributed by atoms with Gasteiger partial charge < -0.3 is 9.47 Å². The predicted molar refractivity (Wildman–Crippen MR) is 69.0 cm³/mol. The summed E-state index contributed by atoms with van der Waals surface area (Å²) in [7, 11) is 1.26. The Morgan fingerprint density at radius 1 is 1.58 bits per heavy atom. The van der Waals surface area contributed by atoms with E-state index in [9.17, 15) is 9.59 Å². The van der Waals surface area contributed by atoms with Gasteiger partial charge in [0.05, 0.1) is 19.4 Å². The van der Waals surface area contributed by atoms with E-state index in [0.717, 1.165) is 11.3 Å². The molecule has 0 fully saturated rings. The van der Waals surface area contributed by atoms with Crippen molar-refractivity contribution < 1.29 is 19.1 Å². The van der Waals surface area contributed by atoms with E-state index in [2.05, 4.69) is 20.0 Å². The summed E-state index contributed by atoms with van der Waals surface area (Å²) < 4.78 is 9.22. The third-order valence-electron chi connectivity index (χ3n) is 1.90. The maximum Gasteiger partial charge on any atom is 0.369 e. The first-order chi connectivity index (χ1) is 9.13. The van der Waals surface area contributed by atoms with E-state index in [1.807, 2.05) is 0 Å². The zero-order chi connectivity index (χ0) is 14.3. The van der Waals surface area contributed by atoms with Crippen LogP contribution in [-0.2, 0) is 14.3 Å². The standard InChI is InChI=1S/C11H11N3O4S/c1-3-18-10(15)8(6-12)14-13-7-4-5-19-9(7)11(16)17-2/h4-5,13H,3H2,1-2H3/b14-8-. The third-order valence-corrected chi connectivity index (χ3v) is 2.79. The number of methoxy groups -OCH3 is 1. The van der Waals surface area contributed by atoms with Crippen molar-refractivity contribution in [2.45, 2.75) is 6.92 Å². The molecule has 0 bridgehead atoms. The van der Waals surface area contributed by atoms with Gasteiger partial charge in [0.25, 0.3) is 0 Å². The van der Waals surface area contributed by atoms with Crippen molar-refractivity contribution in [2.24, 2.45) is 5.10 Å². The highest BCUT2D eigenvalue weighted by atomic mass is 32.1. The van der Waals surface area contributed by atoms with Gasteiger partial charge in [-0.05, 0) is 18.4 Å². The Hall–Kier alpha value is -2.40. The summed E-state index contributed by atoms with van der Waals surface area (Å²) in [4.78, 5) is 23.0. The lowest BCUT2D eigenvalue weighted by atomic mass is 10.4. The molecule has 1 N–H and O–H groups in total. The molecule has 0 saturated carbocycles. The molecule has 0 unspecified atom stereocenters. The lowest BCUT2D eigenvalue weighted by Crippen LogP contribution is -2.17. The average molecular weight is 281 g/mol. The fourth-order valence-electron chi connectivity index (χ4n) is 1.08. The van der Waals surface area contributed by atoms with Gasteiger partial charge >= 0.3 is 11.9 Å². The Balaban J connectivity index is 2.85. The molecule has 0 spiro atoms. The van der Waals surface area contributed by atoms with E-state index in [4.69, 9.17) is 5.26 Å². The van der Waals surface area contributed by atoms with E-state index in [1.54, 1.807) is 24.4 Å². The molecule has 0 aliphatic carbocycles. The second-order valence-electron chi connectivity index (χ2n) is 3.06. The van der Waals surface area contributed by atoms with E-state index >= 15 is 0 Å². The molecule has 1 heterocycles. The SMILES string of the molecule is CCOC(=O)/C(C#N)=N\Nc1ccsc1C(=O)OC. The summed E-state index contributed by atoms with van der Waals surface area (Å²) in [6.45, 7) is 1.76. The van der Waals surface area contributed by atoms with E-state index in [1.165, 1.54) is 7.11 Å². The first-order valence-corrected chi connectivity index (χ1v) is 6.08. The Kier molecular flexibility index (Phi) is 5.50. The molecule has 8 heteroatoms. The van der Waals surface area contributed by atoms with Crippen LogP contribution < -0.4 is 5.43 Å². The number of nitrogens with one attached hydrogen (secondary N) is 1. The lowest BCUT2D eigenvalue weighted by molar-refractivity contribution is -0.134. The number of carbonyl (C=O) groups is 2. The van der Waals surface area contributed by atoms with Gasteiger partial charge in [-0.1, -0.05) is 0 Å². The minimum absolute atomic E-state index is 0.144. The van der Waals surface area contributed by atoms with Gasteiger partial charge in [0.15, 0.2) is 0 Å². The van der Waals surface area contributed by atoms with Gasteiger partial charge in [-0.2, -0.15) is 10.4 Å². The maximum absolute atomic E-state index is 11.4. The summed E-state index contributed by atoms with van der Waals surface area (Å²) in [6, 6.07) is 3.20. The van der Waals surface area contributed by atoms with Crippen LogP contribution in [0.1, 0.15) is 16.6 Å². The maximum atomic E-state index is 11.4. The third kappa shape index (κ3) is 3.79. The zero-order valence-corrected chi connectivity index (χ0v) is 11.1. The molecule has 0 aliphatic heterocycles. The molecule has 0 amide bonds. The van der Waals surface area contributed by atoms with Crippen LogP contribution >= 0.6 is 11.3 Å². The Morgan fingerprint density at radius 3 is 2.89 bits per heavy atom.